The van der Waals surface area contributed by atoms with Gasteiger partial charge in [-0.3, -0.25) is 0 Å². The lowest BCUT2D eigenvalue weighted by molar-refractivity contribution is 0.941. The molecule has 1 aromatic heterocycles. The summed E-state index contributed by atoms with van der Waals surface area (Å²) in [5.74, 6) is 0.604. The van der Waals surface area contributed by atoms with E-state index >= 15 is 0 Å². The second kappa shape index (κ2) is 4.02. The molecule has 1 aliphatic heterocycles. The fraction of sp³-hybridized carbons (Fsp3) is 0.308. The van der Waals surface area contributed by atoms with Gasteiger partial charge >= 0.3 is 0 Å². The minimum absolute atomic E-state index is 0.604. The maximum Gasteiger partial charge on any atom is 0.250 e. The Morgan fingerprint density at radius 2 is 2.35 bits per heavy atom. The van der Waals surface area contributed by atoms with Crippen LogP contribution in [0.4, 0.5) is 0 Å². The number of imidazole rings is 1. The Bertz CT molecular complexity index is 567. The Hall–Kier alpha value is -2.15. The van der Waals surface area contributed by atoms with Crippen LogP contribution in [0.25, 0.3) is 4.85 Å². The zero-order chi connectivity index (χ0) is 11.7. The minimum Gasteiger partial charge on any atom is -0.364 e. The fourth-order valence-electron chi connectivity index (χ4n) is 2.34. The van der Waals surface area contributed by atoms with Crippen LogP contribution in [0.5, 0.6) is 0 Å². The van der Waals surface area contributed by atoms with Crippen LogP contribution in [0.15, 0.2) is 40.4 Å². The number of amidine groups is 1. The number of hydrogen-bond acceptors (Lipinski definition) is 2. The van der Waals surface area contributed by atoms with Crippen LogP contribution in [-0.4, -0.2) is 15.8 Å². The monoisotopic (exact) mass is 224 g/mol. The zero-order valence-corrected chi connectivity index (χ0v) is 9.40. The molecule has 1 N–H and O–H groups in total. The smallest absolute Gasteiger partial charge is 0.250 e. The highest BCUT2D eigenvalue weighted by Gasteiger charge is 2.26. The van der Waals surface area contributed by atoms with Gasteiger partial charge in [-0.1, -0.05) is 12.6 Å². The summed E-state index contributed by atoms with van der Waals surface area (Å²) in [6, 6.07) is 0. The van der Waals surface area contributed by atoms with Gasteiger partial charge in [-0.15, -0.1) is 4.99 Å². The molecule has 4 heteroatoms. The van der Waals surface area contributed by atoms with Crippen molar-refractivity contribution in [2.75, 3.05) is 0 Å². The van der Waals surface area contributed by atoms with Gasteiger partial charge in [-0.05, 0) is 24.0 Å². The number of dihydropyridines is 1. The van der Waals surface area contributed by atoms with Crippen LogP contribution in [0.3, 0.4) is 0 Å². The van der Waals surface area contributed by atoms with E-state index in [1.165, 1.54) is 11.1 Å². The van der Waals surface area contributed by atoms with Gasteiger partial charge in [-0.25, -0.2) is 4.98 Å². The van der Waals surface area contributed by atoms with Gasteiger partial charge < -0.3 is 9.83 Å². The molecule has 0 radical (unpaired) electrons. The standard InChI is InChI=1S/C13H12N4/c1-14-12-5-4-9-2-3-10(13(9)17-12)6-11-7-15-8-16-11/h4,7-8H,2-3,5-6H2,(H,15,16). The van der Waals surface area contributed by atoms with E-state index in [1.807, 2.05) is 6.20 Å². The summed E-state index contributed by atoms with van der Waals surface area (Å²) in [5, 5.41) is 0. The minimum atomic E-state index is 0.604. The molecule has 0 bridgehead atoms. The molecule has 0 spiro atoms. The van der Waals surface area contributed by atoms with Gasteiger partial charge in [-0.2, -0.15) is 0 Å². The number of rotatable bonds is 2. The van der Waals surface area contributed by atoms with Crippen molar-refractivity contribution in [1.29, 1.82) is 0 Å². The van der Waals surface area contributed by atoms with E-state index in [1.54, 1.807) is 6.33 Å². The first-order valence-corrected chi connectivity index (χ1v) is 5.70. The largest absolute Gasteiger partial charge is 0.364 e. The van der Waals surface area contributed by atoms with E-state index < -0.39 is 0 Å². The molecule has 84 valence electrons. The molecule has 3 rings (SSSR count). The van der Waals surface area contributed by atoms with Gasteiger partial charge in [0.15, 0.2) is 5.70 Å². The fourth-order valence-corrected chi connectivity index (χ4v) is 2.34. The van der Waals surface area contributed by atoms with Crippen LogP contribution in [0.1, 0.15) is 25.0 Å². The topological polar surface area (TPSA) is 45.4 Å². The molecule has 4 nitrogen and oxygen atoms in total. The molecule has 0 fully saturated rings. The average molecular weight is 224 g/mol. The first-order valence-electron chi connectivity index (χ1n) is 5.70. The van der Waals surface area contributed by atoms with Crippen molar-refractivity contribution in [3.8, 4) is 0 Å². The van der Waals surface area contributed by atoms with Crippen molar-refractivity contribution >= 4 is 5.84 Å². The van der Waals surface area contributed by atoms with E-state index in [4.69, 9.17) is 6.57 Å². The first kappa shape index (κ1) is 10.0. The number of fused-ring (bicyclic) bond motifs is 1. The van der Waals surface area contributed by atoms with Gasteiger partial charge in [0.2, 0.25) is 0 Å². The molecule has 0 amide bonds. The van der Waals surface area contributed by atoms with Crippen LogP contribution in [0.2, 0.25) is 0 Å². The summed E-state index contributed by atoms with van der Waals surface area (Å²) in [6.07, 6.45) is 9.36. The molecule has 0 saturated heterocycles. The summed E-state index contributed by atoms with van der Waals surface area (Å²) < 4.78 is 0. The molecule has 0 atom stereocenters. The molecule has 0 aromatic carbocycles. The molecule has 2 aliphatic rings. The summed E-state index contributed by atoms with van der Waals surface area (Å²) in [6.45, 7) is 7.04. The van der Waals surface area contributed by atoms with Crippen molar-refractivity contribution in [3.63, 3.8) is 0 Å². The molecule has 0 saturated carbocycles. The zero-order valence-electron chi connectivity index (χ0n) is 9.40. The van der Waals surface area contributed by atoms with Gasteiger partial charge in [0, 0.05) is 24.7 Å². The number of nitrogens with one attached hydrogen (secondary N) is 1. The third-order valence-corrected chi connectivity index (χ3v) is 3.19. The number of aromatic amines is 1. The van der Waals surface area contributed by atoms with E-state index in [-0.39, 0.29) is 0 Å². The van der Waals surface area contributed by atoms with Crippen LogP contribution >= 0.6 is 0 Å². The van der Waals surface area contributed by atoms with Crippen LogP contribution in [0, 0.1) is 6.57 Å². The average Bonchev–Trinajstić information content (AvgIpc) is 2.99. The summed E-state index contributed by atoms with van der Waals surface area (Å²) >= 11 is 0. The van der Waals surface area contributed by atoms with E-state index in [0.717, 1.165) is 30.7 Å². The van der Waals surface area contributed by atoms with Gasteiger partial charge in [0.05, 0.1) is 6.33 Å². The van der Waals surface area contributed by atoms with E-state index in [9.17, 15) is 0 Å². The van der Waals surface area contributed by atoms with E-state index in [0.29, 0.717) is 12.3 Å². The summed E-state index contributed by atoms with van der Waals surface area (Å²) in [4.78, 5) is 15.0. The van der Waals surface area contributed by atoms with Gasteiger partial charge in [0.25, 0.3) is 5.84 Å². The number of H-pyrrole nitrogens is 1. The van der Waals surface area contributed by atoms with Crippen molar-refractivity contribution in [2.45, 2.75) is 25.7 Å². The highest BCUT2D eigenvalue weighted by molar-refractivity contribution is 5.94. The first-order chi connectivity index (χ1) is 8.36. The molecular weight excluding hydrogens is 212 g/mol. The van der Waals surface area contributed by atoms with Crippen molar-refractivity contribution in [3.05, 3.63) is 52.6 Å². The second-order valence-corrected chi connectivity index (χ2v) is 4.28. The normalized spacial score (nSPS) is 18.5. The Morgan fingerprint density at radius 1 is 1.41 bits per heavy atom. The Labute approximate surface area is 99.6 Å². The van der Waals surface area contributed by atoms with Crippen molar-refractivity contribution in [1.82, 2.24) is 9.97 Å². The third-order valence-electron chi connectivity index (χ3n) is 3.19. The SMILES string of the molecule is [C-]#[N+]C1=NC2=C(Cc3cnc[nH]3)CCC2=CC1. The Kier molecular flexibility index (Phi) is 2.37. The Morgan fingerprint density at radius 3 is 3.12 bits per heavy atom. The lowest BCUT2D eigenvalue weighted by atomic mass is 10.1. The summed E-state index contributed by atoms with van der Waals surface area (Å²) in [7, 11) is 0. The quantitative estimate of drug-likeness (QED) is 0.771. The maximum atomic E-state index is 7.04. The number of allylic oxidation sites excluding steroid dienone is 2. The lowest BCUT2D eigenvalue weighted by Crippen LogP contribution is -1.99. The Balaban J connectivity index is 1.93. The molecule has 1 aromatic rings. The third kappa shape index (κ3) is 1.80. The highest BCUT2D eigenvalue weighted by Crippen LogP contribution is 2.36. The van der Waals surface area contributed by atoms with Gasteiger partial charge in [0.1, 0.15) is 0 Å². The van der Waals surface area contributed by atoms with E-state index in [2.05, 4.69) is 25.9 Å². The molecule has 0 unspecified atom stereocenters. The van der Waals surface area contributed by atoms with Crippen LogP contribution in [-0.2, 0) is 6.42 Å². The predicted molar refractivity (Wildman–Crippen MR) is 65.3 cm³/mol. The van der Waals surface area contributed by atoms with Crippen LogP contribution < -0.4 is 0 Å². The molecule has 1 aliphatic carbocycles. The highest BCUT2D eigenvalue weighted by atomic mass is 14.9. The second-order valence-electron chi connectivity index (χ2n) is 4.28. The van der Waals surface area contributed by atoms with Crippen molar-refractivity contribution < 1.29 is 0 Å². The number of aromatic nitrogens is 2. The number of hydrogen-bond donors (Lipinski definition) is 1. The maximum absolute atomic E-state index is 7.04. The number of aliphatic imine (C=N–C) groups is 1. The summed E-state index contributed by atoms with van der Waals surface area (Å²) in [5.41, 5.74) is 4.80. The van der Waals surface area contributed by atoms with Crippen molar-refractivity contribution in [2.24, 2.45) is 4.99 Å². The predicted octanol–water partition coefficient (Wildman–Crippen LogP) is 2.65. The molecular formula is C13H12N4. The molecule has 2 heterocycles. The number of nitrogens with zero attached hydrogens (tertiary/aromatic N) is 3. The lowest BCUT2D eigenvalue weighted by Gasteiger charge is -2.05. The molecule has 17 heavy (non-hydrogen) atoms.